The van der Waals surface area contributed by atoms with E-state index in [0.717, 1.165) is 0 Å². The van der Waals surface area contributed by atoms with Crippen LogP contribution in [0.4, 0.5) is 0 Å². The Morgan fingerprint density at radius 1 is 1.58 bits per heavy atom. The first kappa shape index (κ1) is 10.9. The highest BCUT2D eigenvalue weighted by molar-refractivity contribution is 7.89. The Kier molecular flexibility index (Phi) is 4.25. The van der Waals surface area contributed by atoms with E-state index in [1.165, 1.54) is 6.07 Å². The predicted octanol–water partition coefficient (Wildman–Crippen LogP) is -1.10. The fourth-order valence-corrected chi connectivity index (χ4v) is 1.13. The zero-order valence-corrected chi connectivity index (χ0v) is 6.97. The van der Waals surface area contributed by atoms with Crippen LogP contribution in [0.25, 0.3) is 0 Å². The zero-order chi connectivity index (χ0) is 9.61. The van der Waals surface area contributed by atoms with Crippen molar-refractivity contribution < 1.29 is 18.3 Å². The van der Waals surface area contributed by atoms with Crippen molar-refractivity contribution in [1.82, 2.24) is 4.72 Å². The minimum absolute atomic E-state index is 0.181. The Labute approximate surface area is 69.9 Å². The number of hydrogen-bond donors (Lipinski definition) is 2. The normalized spacial score (nSPS) is 10.6. The SMILES string of the molecule is N#CCS(=O)(=O)NCCC(=O)O. The van der Waals surface area contributed by atoms with Gasteiger partial charge in [-0.1, -0.05) is 0 Å². The van der Waals surface area contributed by atoms with E-state index in [1.807, 2.05) is 4.72 Å². The maximum absolute atomic E-state index is 10.7. The van der Waals surface area contributed by atoms with Gasteiger partial charge in [0, 0.05) is 6.54 Å². The van der Waals surface area contributed by atoms with Gasteiger partial charge in [0.05, 0.1) is 12.5 Å². The molecule has 0 aliphatic heterocycles. The summed E-state index contributed by atoms with van der Waals surface area (Å²) in [6, 6.07) is 1.45. The van der Waals surface area contributed by atoms with Crippen LogP contribution >= 0.6 is 0 Å². The molecule has 0 saturated heterocycles. The summed E-state index contributed by atoms with van der Waals surface area (Å²) in [7, 11) is -3.60. The molecule has 0 atom stereocenters. The molecule has 0 radical (unpaired) electrons. The average Bonchev–Trinajstić information content (AvgIpc) is 1.85. The minimum atomic E-state index is -3.60. The number of carboxylic acid groups (broad SMARTS) is 1. The van der Waals surface area contributed by atoms with Gasteiger partial charge < -0.3 is 5.11 Å². The van der Waals surface area contributed by atoms with Crippen molar-refractivity contribution in [3.05, 3.63) is 0 Å². The maximum atomic E-state index is 10.7. The quantitative estimate of drug-likeness (QED) is 0.575. The van der Waals surface area contributed by atoms with E-state index in [-0.39, 0.29) is 13.0 Å². The molecule has 68 valence electrons. The number of nitriles is 1. The van der Waals surface area contributed by atoms with Crippen LogP contribution in [0.2, 0.25) is 0 Å². The molecule has 0 unspecified atom stereocenters. The van der Waals surface area contributed by atoms with Crippen molar-refractivity contribution in [2.24, 2.45) is 0 Å². The van der Waals surface area contributed by atoms with Crippen LogP contribution in [-0.4, -0.2) is 31.8 Å². The largest absolute Gasteiger partial charge is 0.481 e. The Morgan fingerprint density at radius 3 is 2.58 bits per heavy atom. The molecule has 0 aromatic heterocycles. The van der Waals surface area contributed by atoms with Crippen molar-refractivity contribution >= 4 is 16.0 Å². The van der Waals surface area contributed by atoms with Gasteiger partial charge >= 0.3 is 5.97 Å². The molecule has 0 aromatic rings. The minimum Gasteiger partial charge on any atom is -0.481 e. The fourth-order valence-electron chi connectivity index (χ4n) is 0.449. The Balaban J connectivity index is 3.79. The molecular formula is C5H8N2O4S. The Morgan fingerprint density at radius 2 is 2.17 bits per heavy atom. The number of nitrogens with zero attached hydrogens (tertiary/aromatic N) is 1. The second kappa shape index (κ2) is 4.69. The third-order valence-corrected chi connectivity index (χ3v) is 2.07. The van der Waals surface area contributed by atoms with E-state index in [2.05, 4.69) is 0 Å². The first-order valence-electron chi connectivity index (χ1n) is 3.04. The van der Waals surface area contributed by atoms with Crippen LogP contribution in [0.15, 0.2) is 0 Å². The average molecular weight is 192 g/mol. The summed E-state index contributed by atoms with van der Waals surface area (Å²) >= 11 is 0. The van der Waals surface area contributed by atoms with E-state index in [1.54, 1.807) is 0 Å². The van der Waals surface area contributed by atoms with Gasteiger partial charge in [0.2, 0.25) is 10.0 Å². The predicted molar refractivity (Wildman–Crippen MR) is 39.7 cm³/mol. The molecule has 0 spiro atoms. The van der Waals surface area contributed by atoms with E-state index in [0.29, 0.717) is 0 Å². The van der Waals surface area contributed by atoms with Gasteiger partial charge in [0.1, 0.15) is 0 Å². The number of rotatable bonds is 5. The molecule has 0 aromatic carbocycles. The number of nitrogens with one attached hydrogen (secondary N) is 1. The van der Waals surface area contributed by atoms with E-state index < -0.39 is 21.7 Å². The second-order valence-electron chi connectivity index (χ2n) is 1.96. The summed E-state index contributed by atoms with van der Waals surface area (Å²) in [5.41, 5.74) is 0. The molecule has 0 amide bonds. The molecule has 0 aliphatic rings. The number of carbonyl (C=O) groups is 1. The molecule has 0 aliphatic carbocycles. The fraction of sp³-hybridized carbons (Fsp3) is 0.600. The smallest absolute Gasteiger partial charge is 0.304 e. The summed E-state index contributed by atoms with van der Waals surface area (Å²) in [5, 5.41) is 16.2. The van der Waals surface area contributed by atoms with Crippen LogP contribution in [0.3, 0.4) is 0 Å². The van der Waals surface area contributed by atoms with Gasteiger partial charge in [-0.15, -0.1) is 0 Å². The molecule has 0 fully saturated rings. The molecule has 2 N–H and O–H groups in total. The van der Waals surface area contributed by atoms with Crippen LogP contribution < -0.4 is 4.72 Å². The van der Waals surface area contributed by atoms with E-state index in [9.17, 15) is 13.2 Å². The topological polar surface area (TPSA) is 107 Å². The lowest BCUT2D eigenvalue weighted by Gasteiger charge is -1.99. The van der Waals surface area contributed by atoms with Gasteiger partial charge in [0.15, 0.2) is 5.75 Å². The van der Waals surface area contributed by atoms with Crippen LogP contribution in [0.5, 0.6) is 0 Å². The number of aliphatic carboxylic acids is 1. The summed E-state index contributed by atoms with van der Waals surface area (Å²) in [4.78, 5) is 9.94. The first-order chi connectivity index (χ1) is 5.48. The number of hydrogen-bond acceptors (Lipinski definition) is 4. The summed E-state index contributed by atoms with van der Waals surface area (Å²) in [6.45, 7) is -0.181. The lowest BCUT2D eigenvalue weighted by Crippen LogP contribution is -2.27. The van der Waals surface area contributed by atoms with Crippen molar-refractivity contribution in [1.29, 1.82) is 5.26 Å². The molecule has 0 bridgehead atoms. The van der Waals surface area contributed by atoms with Crippen LogP contribution in [-0.2, 0) is 14.8 Å². The first-order valence-corrected chi connectivity index (χ1v) is 4.69. The van der Waals surface area contributed by atoms with Crippen molar-refractivity contribution in [2.75, 3.05) is 12.3 Å². The van der Waals surface area contributed by atoms with Crippen molar-refractivity contribution in [2.45, 2.75) is 6.42 Å². The van der Waals surface area contributed by atoms with Gasteiger partial charge in [-0.3, -0.25) is 4.79 Å². The van der Waals surface area contributed by atoms with Gasteiger partial charge in [-0.05, 0) is 0 Å². The molecule has 7 heteroatoms. The standard InChI is InChI=1S/C5H8N2O4S/c6-2-4-12(10,11)7-3-1-5(8)9/h7H,1,3-4H2,(H,8,9). The maximum Gasteiger partial charge on any atom is 0.304 e. The van der Waals surface area contributed by atoms with Gasteiger partial charge in [0.25, 0.3) is 0 Å². The molecule has 0 rings (SSSR count). The molecule has 0 saturated carbocycles. The lowest BCUT2D eigenvalue weighted by atomic mass is 10.5. The third-order valence-electron chi connectivity index (χ3n) is 0.915. The summed E-state index contributed by atoms with van der Waals surface area (Å²) in [6.07, 6.45) is -0.287. The second-order valence-corrected chi connectivity index (χ2v) is 3.76. The summed E-state index contributed by atoms with van der Waals surface area (Å²) in [5.74, 6) is -1.73. The van der Waals surface area contributed by atoms with Gasteiger partial charge in [-0.2, -0.15) is 5.26 Å². The Bertz CT molecular complexity index is 289. The lowest BCUT2D eigenvalue weighted by molar-refractivity contribution is -0.136. The number of sulfonamides is 1. The highest BCUT2D eigenvalue weighted by atomic mass is 32.2. The van der Waals surface area contributed by atoms with Crippen LogP contribution in [0.1, 0.15) is 6.42 Å². The summed E-state index contributed by atoms with van der Waals surface area (Å²) < 4.78 is 23.3. The van der Waals surface area contributed by atoms with Crippen LogP contribution in [0, 0.1) is 11.3 Å². The highest BCUT2D eigenvalue weighted by Crippen LogP contribution is 1.83. The molecule has 12 heavy (non-hydrogen) atoms. The van der Waals surface area contributed by atoms with Crippen molar-refractivity contribution in [3.8, 4) is 6.07 Å². The molecular weight excluding hydrogens is 184 g/mol. The molecule has 0 heterocycles. The third kappa shape index (κ3) is 5.64. The number of carboxylic acids is 1. The highest BCUT2D eigenvalue weighted by Gasteiger charge is 2.08. The van der Waals surface area contributed by atoms with E-state index >= 15 is 0 Å². The molecule has 6 nitrogen and oxygen atoms in total. The monoisotopic (exact) mass is 192 g/mol. The van der Waals surface area contributed by atoms with E-state index in [4.69, 9.17) is 10.4 Å². The van der Waals surface area contributed by atoms with Gasteiger partial charge in [-0.25, -0.2) is 13.1 Å². The van der Waals surface area contributed by atoms with Crippen molar-refractivity contribution in [3.63, 3.8) is 0 Å². The Hall–Kier alpha value is -1.13. The zero-order valence-electron chi connectivity index (χ0n) is 6.15.